The summed E-state index contributed by atoms with van der Waals surface area (Å²) in [7, 11) is 0. The monoisotopic (exact) mass is 162 g/mol. The van der Waals surface area contributed by atoms with Crippen molar-refractivity contribution in [2.45, 2.75) is 39.5 Å². The van der Waals surface area contributed by atoms with Gasteiger partial charge in [-0.25, -0.2) is 0 Å². The van der Waals surface area contributed by atoms with Crippen LogP contribution in [0.4, 0.5) is 0 Å². The Bertz CT molecular complexity index is 216. The molecule has 0 atom stereocenters. The van der Waals surface area contributed by atoms with Crippen LogP contribution in [0, 0.1) is 0 Å². The van der Waals surface area contributed by atoms with Crippen LogP contribution in [-0.2, 0) is 0 Å². The molecule has 0 aromatic heterocycles. The van der Waals surface area contributed by atoms with E-state index >= 15 is 0 Å². The van der Waals surface area contributed by atoms with Gasteiger partial charge in [-0.2, -0.15) is 0 Å². The van der Waals surface area contributed by atoms with Crippen molar-refractivity contribution in [2.75, 3.05) is 0 Å². The molecular weight excluding hydrogens is 144 g/mol. The van der Waals surface area contributed by atoms with Gasteiger partial charge in [0.1, 0.15) is 0 Å². The summed E-state index contributed by atoms with van der Waals surface area (Å²) in [5.74, 6) is 0. The summed E-state index contributed by atoms with van der Waals surface area (Å²) in [5, 5.41) is 0. The Kier molecular flexibility index (Phi) is 3.86. The Morgan fingerprint density at radius 2 is 2.42 bits per heavy atom. The summed E-state index contributed by atoms with van der Waals surface area (Å²) >= 11 is 0. The van der Waals surface area contributed by atoms with Crippen molar-refractivity contribution < 1.29 is 0 Å². The smallest absolute Gasteiger partial charge is 0.0242 e. The van der Waals surface area contributed by atoms with Gasteiger partial charge in [0.25, 0.3) is 0 Å². The standard InChI is InChI=1S/C12H18/c1-3-4-8-11(2)12-9-6-5-7-10-12/h5-6,8-9H,3-4,7,10H2,1-2H3/b11-8+. The molecule has 0 bridgehead atoms. The molecule has 0 radical (unpaired) electrons. The molecule has 1 rings (SSSR count). The van der Waals surface area contributed by atoms with Gasteiger partial charge < -0.3 is 0 Å². The van der Waals surface area contributed by atoms with E-state index in [1.54, 1.807) is 0 Å². The molecule has 0 saturated heterocycles. The Balaban J connectivity index is 2.56. The number of hydrogen-bond donors (Lipinski definition) is 0. The van der Waals surface area contributed by atoms with Gasteiger partial charge in [0.05, 0.1) is 0 Å². The van der Waals surface area contributed by atoms with Gasteiger partial charge in [-0.1, -0.05) is 43.2 Å². The lowest BCUT2D eigenvalue weighted by Crippen LogP contribution is -1.89. The Morgan fingerprint density at radius 3 is 3.00 bits per heavy atom. The normalized spacial score (nSPS) is 17.8. The van der Waals surface area contributed by atoms with E-state index in [9.17, 15) is 0 Å². The molecular formula is C12H18. The second kappa shape index (κ2) is 4.97. The molecule has 0 heterocycles. The van der Waals surface area contributed by atoms with Gasteiger partial charge in [-0.15, -0.1) is 0 Å². The number of rotatable bonds is 3. The maximum atomic E-state index is 2.35. The fourth-order valence-electron chi connectivity index (χ4n) is 1.42. The number of hydrogen-bond acceptors (Lipinski definition) is 0. The second-order valence-corrected chi connectivity index (χ2v) is 3.33. The highest BCUT2D eigenvalue weighted by Gasteiger charge is 2.00. The van der Waals surface area contributed by atoms with Crippen LogP contribution in [0.3, 0.4) is 0 Å². The lowest BCUT2D eigenvalue weighted by Gasteiger charge is -2.08. The van der Waals surface area contributed by atoms with Crippen molar-refractivity contribution in [3.05, 3.63) is 35.5 Å². The summed E-state index contributed by atoms with van der Waals surface area (Å²) in [4.78, 5) is 0. The van der Waals surface area contributed by atoms with Crippen LogP contribution in [0.25, 0.3) is 0 Å². The van der Waals surface area contributed by atoms with Crippen molar-refractivity contribution in [1.29, 1.82) is 0 Å². The largest absolute Gasteiger partial charge is 0.0842 e. The molecule has 1 aliphatic rings. The lowest BCUT2D eigenvalue weighted by atomic mass is 9.97. The van der Waals surface area contributed by atoms with Crippen LogP contribution >= 0.6 is 0 Å². The number of unbranched alkanes of at least 4 members (excludes halogenated alkanes) is 1. The van der Waals surface area contributed by atoms with Gasteiger partial charge >= 0.3 is 0 Å². The van der Waals surface area contributed by atoms with Crippen molar-refractivity contribution in [1.82, 2.24) is 0 Å². The molecule has 0 spiro atoms. The van der Waals surface area contributed by atoms with E-state index in [-0.39, 0.29) is 0 Å². The molecule has 0 aromatic carbocycles. The lowest BCUT2D eigenvalue weighted by molar-refractivity contribution is 0.927. The molecule has 0 unspecified atom stereocenters. The van der Waals surface area contributed by atoms with Gasteiger partial charge in [0.2, 0.25) is 0 Å². The maximum Gasteiger partial charge on any atom is -0.0242 e. The first-order valence-electron chi connectivity index (χ1n) is 4.87. The van der Waals surface area contributed by atoms with Crippen molar-refractivity contribution in [3.63, 3.8) is 0 Å². The molecule has 0 aliphatic heterocycles. The molecule has 0 aromatic rings. The molecule has 12 heavy (non-hydrogen) atoms. The van der Waals surface area contributed by atoms with Crippen molar-refractivity contribution >= 4 is 0 Å². The fraction of sp³-hybridized carbons (Fsp3) is 0.500. The molecule has 0 N–H and O–H groups in total. The van der Waals surface area contributed by atoms with E-state index in [1.807, 2.05) is 0 Å². The topological polar surface area (TPSA) is 0 Å². The van der Waals surface area contributed by atoms with Crippen LogP contribution < -0.4 is 0 Å². The van der Waals surface area contributed by atoms with Crippen LogP contribution in [0.2, 0.25) is 0 Å². The van der Waals surface area contributed by atoms with Crippen molar-refractivity contribution in [2.24, 2.45) is 0 Å². The van der Waals surface area contributed by atoms with Gasteiger partial charge in [-0.3, -0.25) is 0 Å². The summed E-state index contributed by atoms with van der Waals surface area (Å²) in [6.45, 7) is 4.44. The molecule has 0 saturated carbocycles. The third-order valence-electron chi connectivity index (χ3n) is 2.26. The third kappa shape index (κ3) is 2.69. The molecule has 0 heteroatoms. The van der Waals surface area contributed by atoms with E-state index in [0.29, 0.717) is 0 Å². The zero-order valence-corrected chi connectivity index (χ0v) is 8.14. The minimum Gasteiger partial charge on any atom is -0.0842 e. The average Bonchev–Trinajstić information content (AvgIpc) is 2.15. The maximum absolute atomic E-state index is 2.35. The fourth-order valence-corrected chi connectivity index (χ4v) is 1.42. The molecule has 0 fully saturated rings. The summed E-state index contributed by atoms with van der Waals surface area (Å²) in [6, 6.07) is 0. The SMILES string of the molecule is CCC/C=C(\C)C1=CC=CCC1. The van der Waals surface area contributed by atoms with Crippen molar-refractivity contribution in [3.8, 4) is 0 Å². The Hall–Kier alpha value is -0.780. The van der Waals surface area contributed by atoms with Gasteiger partial charge in [-0.05, 0) is 31.8 Å². The highest BCUT2D eigenvalue weighted by atomic mass is 14.1. The summed E-state index contributed by atoms with van der Waals surface area (Å²) in [6.07, 6.45) is 13.9. The number of allylic oxidation sites excluding steroid dienone is 6. The van der Waals surface area contributed by atoms with E-state index < -0.39 is 0 Å². The van der Waals surface area contributed by atoms with Crippen LogP contribution in [0.5, 0.6) is 0 Å². The van der Waals surface area contributed by atoms with Gasteiger partial charge in [0, 0.05) is 0 Å². The van der Waals surface area contributed by atoms with E-state index in [2.05, 4.69) is 38.2 Å². The minimum atomic E-state index is 1.21. The summed E-state index contributed by atoms with van der Waals surface area (Å²) in [5.41, 5.74) is 2.99. The zero-order chi connectivity index (χ0) is 8.81. The van der Waals surface area contributed by atoms with E-state index in [4.69, 9.17) is 0 Å². The first kappa shape index (κ1) is 9.31. The quantitative estimate of drug-likeness (QED) is 0.588. The Morgan fingerprint density at radius 1 is 1.58 bits per heavy atom. The predicted octanol–water partition coefficient (Wildman–Crippen LogP) is 4.01. The van der Waals surface area contributed by atoms with Crippen LogP contribution in [-0.4, -0.2) is 0 Å². The molecule has 0 nitrogen and oxygen atoms in total. The van der Waals surface area contributed by atoms with E-state index in [1.165, 1.54) is 36.8 Å². The van der Waals surface area contributed by atoms with E-state index in [0.717, 1.165) is 0 Å². The molecule has 1 aliphatic carbocycles. The zero-order valence-electron chi connectivity index (χ0n) is 8.14. The second-order valence-electron chi connectivity index (χ2n) is 3.33. The molecule has 0 amide bonds. The molecule has 66 valence electrons. The predicted molar refractivity (Wildman–Crippen MR) is 55.1 cm³/mol. The highest BCUT2D eigenvalue weighted by Crippen LogP contribution is 2.20. The third-order valence-corrected chi connectivity index (χ3v) is 2.26. The average molecular weight is 162 g/mol. The van der Waals surface area contributed by atoms with Crippen LogP contribution in [0.1, 0.15) is 39.5 Å². The summed E-state index contributed by atoms with van der Waals surface area (Å²) < 4.78 is 0. The Labute approximate surface area is 75.7 Å². The first-order valence-corrected chi connectivity index (χ1v) is 4.87. The first-order chi connectivity index (χ1) is 5.84. The van der Waals surface area contributed by atoms with Crippen LogP contribution in [0.15, 0.2) is 35.5 Å². The highest BCUT2D eigenvalue weighted by molar-refractivity contribution is 5.34. The van der Waals surface area contributed by atoms with Gasteiger partial charge in [0.15, 0.2) is 0 Å². The minimum absolute atomic E-state index is 1.21.